The number of halogens is 1. The Labute approximate surface area is 206 Å². The summed E-state index contributed by atoms with van der Waals surface area (Å²) in [5.74, 6) is -2.08. The average Bonchev–Trinajstić information content (AvgIpc) is 2.70. The Balaban J connectivity index is 3.09. The molecule has 4 amide bonds. The third kappa shape index (κ3) is 9.99. The third-order valence-corrected chi connectivity index (χ3v) is 5.18. The van der Waals surface area contributed by atoms with Crippen LogP contribution >= 0.6 is 11.6 Å². The highest BCUT2D eigenvalue weighted by Crippen LogP contribution is 2.21. The van der Waals surface area contributed by atoms with Crippen molar-refractivity contribution in [3.8, 4) is 0 Å². The van der Waals surface area contributed by atoms with Crippen LogP contribution in [0.15, 0.2) is 18.2 Å². The minimum Gasteiger partial charge on any atom is -0.444 e. The number of alkyl halides is 1. The number of Topliss-reactive ketones (excluding diaryl/α,β-unsaturated/α-hetero) is 1. The van der Waals surface area contributed by atoms with E-state index >= 15 is 0 Å². The molecule has 189 valence electrons. The Morgan fingerprint density at radius 1 is 1.18 bits per heavy atom. The largest absolute Gasteiger partial charge is 0.444 e. The maximum Gasteiger partial charge on any atom is 0.408 e. The molecule has 0 saturated heterocycles. The molecule has 0 aliphatic rings. The molecule has 1 aromatic carbocycles. The molecule has 9 nitrogen and oxygen atoms in total. The van der Waals surface area contributed by atoms with Crippen LogP contribution in [0.3, 0.4) is 0 Å². The standard InChI is InChI=1S/C24H36ClN4O5/c1-14(2)19(29-23(33)34-24(4,5)6)20(30)18(8-7-11-27-22(26)32)21(31)28-17-10-9-16(13-25)15(3)12-17/h9-10,12,14,18-19H,3,7-8,11,13H2,1-2,4-6H3,(H,28,31)(H,29,33)(H3,26,27,32)/t18-,19-/m0/s1. The maximum atomic E-state index is 13.4. The van der Waals surface area contributed by atoms with Gasteiger partial charge in [0.15, 0.2) is 5.78 Å². The number of ketones is 1. The highest BCUT2D eigenvalue weighted by atomic mass is 35.5. The molecule has 5 N–H and O–H groups in total. The zero-order valence-electron chi connectivity index (χ0n) is 20.5. The molecule has 0 unspecified atom stereocenters. The van der Waals surface area contributed by atoms with Gasteiger partial charge in [0, 0.05) is 18.1 Å². The molecule has 0 spiro atoms. The minimum absolute atomic E-state index is 0.140. The Morgan fingerprint density at radius 3 is 2.32 bits per heavy atom. The Bertz CT molecular complexity index is 883. The van der Waals surface area contributed by atoms with Crippen molar-refractivity contribution in [2.75, 3.05) is 11.9 Å². The first-order chi connectivity index (χ1) is 15.7. The van der Waals surface area contributed by atoms with Gasteiger partial charge in [0.1, 0.15) is 5.60 Å². The molecule has 34 heavy (non-hydrogen) atoms. The number of anilines is 1. The second kappa shape index (κ2) is 13.2. The first-order valence-electron chi connectivity index (χ1n) is 11.1. The topological polar surface area (TPSA) is 140 Å². The van der Waals surface area contributed by atoms with Crippen molar-refractivity contribution in [2.24, 2.45) is 17.6 Å². The first-order valence-corrected chi connectivity index (χ1v) is 11.7. The fourth-order valence-electron chi connectivity index (χ4n) is 3.20. The average molecular weight is 496 g/mol. The van der Waals surface area contributed by atoms with E-state index < -0.39 is 41.4 Å². The molecule has 2 atom stereocenters. The number of primary amides is 1. The van der Waals surface area contributed by atoms with E-state index in [2.05, 4.69) is 22.9 Å². The van der Waals surface area contributed by atoms with Crippen molar-refractivity contribution in [1.29, 1.82) is 0 Å². The van der Waals surface area contributed by atoms with Crippen LogP contribution in [0.4, 0.5) is 15.3 Å². The van der Waals surface area contributed by atoms with Crippen LogP contribution in [0.25, 0.3) is 0 Å². The van der Waals surface area contributed by atoms with Crippen LogP contribution in [0.5, 0.6) is 0 Å². The fraction of sp³-hybridized carbons (Fsp3) is 0.542. The lowest BCUT2D eigenvalue weighted by atomic mass is 9.87. The normalized spacial score (nSPS) is 13.1. The smallest absolute Gasteiger partial charge is 0.408 e. The number of nitrogens with two attached hydrogens (primary N) is 1. The van der Waals surface area contributed by atoms with Crippen molar-refractivity contribution >= 4 is 41.1 Å². The lowest BCUT2D eigenvalue weighted by Gasteiger charge is -2.27. The second-order valence-corrected chi connectivity index (χ2v) is 9.63. The zero-order chi connectivity index (χ0) is 26.1. The SMILES string of the molecule is [CH2]c1cc(NC(=O)[C@@H](CCCNC(N)=O)C(=O)[C@@H](NC(=O)OC(C)(C)C)C(C)C)ccc1CCl. The van der Waals surface area contributed by atoms with Gasteiger partial charge in [-0.1, -0.05) is 19.9 Å². The van der Waals surface area contributed by atoms with Gasteiger partial charge in [-0.25, -0.2) is 9.59 Å². The molecule has 0 aromatic heterocycles. The Kier molecular flexibility index (Phi) is 11.3. The van der Waals surface area contributed by atoms with Crippen molar-refractivity contribution in [2.45, 2.75) is 65.0 Å². The van der Waals surface area contributed by atoms with Gasteiger partial charge < -0.3 is 26.4 Å². The molecule has 0 fully saturated rings. The molecule has 1 aromatic rings. The van der Waals surface area contributed by atoms with Crippen molar-refractivity contribution in [1.82, 2.24) is 10.6 Å². The summed E-state index contributed by atoms with van der Waals surface area (Å²) >= 11 is 5.87. The lowest BCUT2D eigenvalue weighted by molar-refractivity contribution is -0.133. The van der Waals surface area contributed by atoms with E-state index in [0.717, 1.165) is 5.56 Å². The minimum atomic E-state index is -1.09. The van der Waals surface area contributed by atoms with Gasteiger partial charge in [-0.15, -0.1) is 11.6 Å². The number of amides is 4. The van der Waals surface area contributed by atoms with Crippen LogP contribution in [0.2, 0.25) is 0 Å². The predicted molar refractivity (Wildman–Crippen MR) is 132 cm³/mol. The van der Waals surface area contributed by atoms with Crippen LogP contribution in [-0.2, 0) is 20.2 Å². The van der Waals surface area contributed by atoms with Crippen LogP contribution in [0.1, 0.15) is 58.6 Å². The molecular weight excluding hydrogens is 460 g/mol. The van der Waals surface area contributed by atoms with Crippen LogP contribution < -0.4 is 21.7 Å². The fourth-order valence-corrected chi connectivity index (χ4v) is 3.46. The van der Waals surface area contributed by atoms with Gasteiger partial charge in [-0.05, 0) is 69.7 Å². The Morgan fingerprint density at radius 2 is 1.82 bits per heavy atom. The van der Waals surface area contributed by atoms with Gasteiger partial charge in [-0.3, -0.25) is 9.59 Å². The Hall–Kier alpha value is -2.81. The molecule has 0 aliphatic carbocycles. The van der Waals surface area contributed by atoms with E-state index in [4.69, 9.17) is 22.1 Å². The number of alkyl carbamates (subject to hydrolysis) is 1. The number of carbonyl (C=O) groups excluding carboxylic acids is 4. The molecular formula is C24H36ClN4O5. The zero-order valence-corrected chi connectivity index (χ0v) is 21.3. The summed E-state index contributed by atoms with van der Waals surface area (Å²) in [5, 5.41) is 7.79. The van der Waals surface area contributed by atoms with E-state index in [-0.39, 0.29) is 24.8 Å². The van der Waals surface area contributed by atoms with Crippen molar-refractivity contribution in [3.63, 3.8) is 0 Å². The van der Waals surface area contributed by atoms with Crippen molar-refractivity contribution in [3.05, 3.63) is 36.2 Å². The molecule has 10 heteroatoms. The summed E-state index contributed by atoms with van der Waals surface area (Å²) in [6, 6.07) is 3.46. The first kappa shape index (κ1) is 29.2. The molecule has 0 heterocycles. The van der Waals surface area contributed by atoms with Gasteiger partial charge >= 0.3 is 12.1 Å². The van der Waals surface area contributed by atoms with Crippen LogP contribution in [-0.4, -0.2) is 42.0 Å². The number of benzene rings is 1. The van der Waals surface area contributed by atoms with Crippen molar-refractivity contribution < 1.29 is 23.9 Å². The predicted octanol–water partition coefficient (Wildman–Crippen LogP) is 3.73. The monoisotopic (exact) mass is 495 g/mol. The summed E-state index contributed by atoms with van der Waals surface area (Å²) in [7, 11) is 0. The molecule has 0 aliphatic heterocycles. The van der Waals surface area contributed by atoms with Crippen LogP contribution in [0, 0.1) is 18.8 Å². The number of ether oxygens (including phenoxy) is 1. The summed E-state index contributed by atoms with van der Waals surface area (Å²) in [4.78, 5) is 49.9. The van der Waals surface area contributed by atoms with Gasteiger partial charge in [-0.2, -0.15) is 0 Å². The highest BCUT2D eigenvalue weighted by Gasteiger charge is 2.35. The summed E-state index contributed by atoms with van der Waals surface area (Å²) in [5.41, 5.74) is 6.30. The van der Waals surface area contributed by atoms with E-state index in [1.807, 2.05) is 0 Å². The number of nitrogens with one attached hydrogen (secondary N) is 3. The maximum absolute atomic E-state index is 13.4. The van der Waals surface area contributed by atoms with Gasteiger partial charge in [0.05, 0.1) is 12.0 Å². The number of hydrogen-bond acceptors (Lipinski definition) is 5. The highest BCUT2D eigenvalue weighted by molar-refractivity contribution is 6.17. The van der Waals surface area contributed by atoms with E-state index in [1.165, 1.54) is 0 Å². The third-order valence-electron chi connectivity index (χ3n) is 4.89. The molecule has 1 rings (SSSR count). The van der Waals surface area contributed by atoms with E-state index in [9.17, 15) is 19.2 Å². The number of rotatable bonds is 11. The lowest BCUT2D eigenvalue weighted by Crippen LogP contribution is -2.50. The number of carbonyl (C=O) groups is 4. The molecule has 0 saturated carbocycles. The van der Waals surface area contributed by atoms with E-state index in [0.29, 0.717) is 17.7 Å². The van der Waals surface area contributed by atoms with Gasteiger partial charge in [0.2, 0.25) is 5.91 Å². The number of urea groups is 1. The van der Waals surface area contributed by atoms with E-state index in [1.54, 1.807) is 52.8 Å². The molecule has 0 bridgehead atoms. The second-order valence-electron chi connectivity index (χ2n) is 9.36. The summed E-state index contributed by atoms with van der Waals surface area (Å²) < 4.78 is 5.28. The van der Waals surface area contributed by atoms with Gasteiger partial charge in [0.25, 0.3) is 0 Å². The number of hydrogen-bond donors (Lipinski definition) is 4. The summed E-state index contributed by atoms with van der Waals surface area (Å²) in [6.45, 7) is 12.8. The quantitative estimate of drug-likeness (QED) is 0.210. The summed E-state index contributed by atoms with van der Waals surface area (Å²) in [6.07, 6.45) is -0.274. The molecule has 1 radical (unpaired) electrons.